The molecule has 4 aromatic rings. The van der Waals surface area contributed by atoms with E-state index in [1.807, 2.05) is 41.3 Å². The SMILES string of the molecule is c1cn2nc(-c3ccn4nc(N[C@H]5CC[C@H](N6CCOCC6)CC5)ncc34)ccc2n1. The Hall–Kier alpha value is -3.04. The predicted octanol–water partition coefficient (Wildman–Crippen LogP) is 2.49. The van der Waals surface area contributed by atoms with Gasteiger partial charge in [-0.3, -0.25) is 4.90 Å². The molecule has 4 aromatic heterocycles. The van der Waals surface area contributed by atoms with Gasteiger partial charge < -0.3 is 10.1 Å². The molecule has 0 atom stereocenters. The molecule has 0 spiro atoms. The lowest BCUT2D eigenvalue weighted by Crippen LogP contribution is -2.46. The van der Waals surface area contributed by atoms with Gasteiger partial charge in [-0.1, -0.05) is 0 Å². The summed E-state index contributed by atoms with van der Waals surface area (Å²) in [4.78, 5) is 11.5. The molecule has 6 rings (SSSR count). The zero-order valence-electron chi connectivity index (χ0n) is 17.4. The summed E-state index contributed by atoms with van der Waals surface area (Å²) in [7, 11) is 0. The normalized spacial score (nSPS) is 22.8. The fourth-order valence-electron chi connectivity index (χ4n) is 4.85. The van der Waals surface area contributed by atoms with E-state index in [4.69, 9.17) is 9.84 Å². The number of rotatable bonds is 4. The van der Waals surface area contributed by atoms with Crippen LogP contribution in [0.15, 0.2) is 43.0 Å². The van der Waals surface area contributed by atoms with Crippen molar-refractivity contribution in [2.24, 2.45) is 0 Å². The van der Waals surface area contributed by atoms with E-state index in [1.54, 1.807) is 10.7 Å². The minimum absolute atomic E-state index is 0.426. The lowest BCUT2D eigenvalue weighted by atomic mass is 9.90. The molecule has 0 radical (unpaired) electrons. The van der Waals surface area contributed by atoms with E-state index in [0.717, 1.165) is 61.6 Å². The summed E-state index contributed by atoms with van der Waals surface area (Å²) in [5.41, 5.74) is 3.65. The third-order valence-electron chi connectivity index (χ3n) is 6.54. The number of fused-ring (bicyclic) bond motifs is 2. The van der Waals surface area contributed by atoms with E-state index in [9.17, 15) is 0 Å². The molecule has 0 amide bonds. The van der Waals surface area contributed by atoms with Crippen molar-refractivity contribution < 1.29 is 4.74 Å². The molecule has 1 aliphatic heterocycles. The Balaban J connectivity index is 1.15. The van der Waals surface area contributed by atoms with Crippen LogP contribution in [0, 0.1) is 0 Å². The summed E-state index contributed by atoms with van der Waals surface area (Å²) in [6.07, 6.45) is 12.2. The molecule has 5 heterocycles. The Morgan fingerprint density at radius 1 is 0.903 bits per heavy atom. The van der Waals surface area contributed by atoms with Crippen molar-refractivity contribution >= 4 is 17.1 Å². The second-order valence-corrected chi connectivity index (χ2v) is 8.39. The molecule has 1 saturated carbocycles. The maximum Gasteiger partial charge on any atom is 0.241 e. The van der Waals surface area contributed by atoms with Gasteiger partial charge in [-0.25, -0.2) is 19.0 Å². The molecule has 2 aliphatic rings. The van der Waals surface area contributed by atoms with Crippen molar-refractivity contribution in [2.75, 3.05) is 31.6 Å². The van der Waals surface area contributed by atoms with Crippen molar-refractivity contribution in [3.63, 3.8) is 0 Å². The van der Waals surface area contributed by atoms with Crippen LogP contribution in [0.3, 0.4) is 0 Å². The maximum absolute atomic E-state index is 5.49. The lowest BCUT2D eigenvalue weighted by molar-refractivity contribution is 0.00790. The smallest absolute Gasteiger partial charge is 0.241 e. The summed E-state index contributed by atoms with van der Waals surface area (Å²) in [6.45, 7) is 3.88. The van der Waals surface area contributed by atoms with Crippen LogP contribution in [0.2, 0.25) is 0 Å². The fourth-order valence-corrected chi connectivity index (χ4v) is 4.85. The Morgan fingerprint density at radius 2 is 1.77 bits per heavy atom. The van der Waals surface area contributed by atoms with E-state index in [1.165, 1.54) is 12.8 Å². The van der Waals surface area contributed by atoms with Crippen LogP contribution in [0.25, 0.3) is 22.4 Å². The first-order chi connectivity index (χ1) is 15.3. The summed E-state index contributed by atoms with van der Waals surface area (Å²) in [6, 6.07) is 7.10. The van der Waals surface area contributed by atoms with Gasteiger partial charge >= 0.3 is 0 Å². The average Bonchev–Trinajstić information content (AvgIpc) is 3.46. The molecule has 160 valence electrons. The van der Waals surface area contributed by atoms with Gasteiger partial charge in [0.05, 0.1) is 30.6 Å². The number of aromatic nitrogens is 6. The number of imidazole rings is 1. The number of anilines is 1. The van der Waals surface area contributed by atoms with Crippen molar-refractivity contribution in [2.45, 2.75) is 37.8 Å². The van der Waals surface area contributed by atoms with Gasteiger partial charge in [-0.15, -0.1) is 5.10 Å². The molecule has 2 fully saturated rings. The van der Waals surface area contributed by atoms with Crippen molar-refractivity contribution in [1.82, 2.24) is 34.1 Å². The van der Waals surface area contributed by atoms with Crippen LogP contribution in [0.1, 0.15) is 25.7 Å². The first-order valence-corrected chi connectivity index (χ1v) is 11.1. The van der Waals surface area contributed by atoms with Gasteiger partial charge in [-0.2, -0.15) is 5.10 Å². The number of morpholine rings is 1. The monoisotopic (exact) mass is 418 g/mol. The molecule has 1 saturated heterocycles. The Bertz CT molecular complexity index is 1190. The standard InChI is InChI=1S/C22H26N8O/c1-3-17(28-11-13-31-14-12-28)4-2-16(1)25-22-24-15-20-18(7-9-29(20)27-22)19-5-6-21-23-8-10-30(21)26-19/h5-10,15-17H,1-4,11-14H2,(H,25,27)/t16-,17-. The molecular formula is C22H26N8O. The van der Waals surface area contributed by atoms with E-state index in [0.29, 0.717) is 18.0 Å². The number of hydrogen-bond donors (Lipinski definition) is 1. The maximum atomic E-state index is 5.49. The third-order valence-corrected chi connectivity index (χ3v) is 6.54. The second-order valence-electron chi connectivity index (χ2n) is 8.39. The predicted molar refractivity (Wildman–Crippen MR) is 117 cm³/mol. The highest BCUT2D eigenvalue weighted by Gasteiger charge is 2.27. The number of nitrogens with zero attached hydrogens (tertiary/aromatic N) is 7. The van der Waals surface area contributed by atoms with Crippen LogP contribution in [-0.2, 0) is 4.74 Å². The molecular weight excluding hydrogens is 392 g/mol. The summed E-state index contributed by atoms with van der Waals surface area (Å²) in [5, 5.41) is 12.9. The quantitative estimate of drug-likeness (QED) is 0.545. The fraction of sp³-hybridized carbons (Fsp3) is 0.455. The Kier molecular flexibility index (Phi) is 4.77. The summed E-state index contributed by atoms with van der Waals surface area (Å²) < 4.78 is 9.15. The van der Waals surface area contributed by atoms with Crippen LogP contribution in [-0.4, -0.2) is 72.5 Å². The highest BCUT2D eigenvalue weighted by Crippen LogP contribution is 2.27. The highest BCUT2D eigenvalue weighted by molar-refractivity contribution is 5.78. The summed E-state index contributed by atoms with van der Waals surface area (Å²) >= 11 is 0. The van der Waals surface area contributed by atoms with Crippen LogP contribution in [0.5, 0.6) is 0 Å². The van der Waals surface area contributed by atoms with Gasteiger partial charge in [0.2, 0.25) is 5.95 Å². The Labute approximate surface area is 180 Å². The highest BCUT2D eigenvalue weighted by atomic mass is 16.5. The van der Waals surface area contributed by atoms with E-state index < -0.39 is 0 Å². The van der Waals surface area contributed by atoms with Crippen molar-refractivity contribution in [3.8, 4) is 11.3 Å². The third kappa shape index (κ3) is 3.64. The van der Waals surface area contributed by atoms with Gasteiger partial charge in [0.1, 0.15) is 0 Å². The van der Waals surface area contributed by atoms with E-state index in [2.05, 4.69) is 25.3 Å². The molecule has 31 heavy (non-hydrogen) atoms. The zero-order valence-corrected chi connectivity index (χ0v) is 17.4. The molecule has 1 N–H and O–H groups in total. The average molecular weight is 419 g/mol. The molecule has 0 bridgehead atoms. The van der Waals surface area contributed by atoms with Crippen LogP contribution in [0.4, 0.5) is 5.95 Å². The van der Waals surface area contributed by atoms with Gasteiger partial charge in [0.25, 0.3) is 0 Å². The number of ether oxygens (including phenoxy) is 1. The number of hydrogen-bond acceptors (Lipinski definition) is 7. The number of nitrogens with one attached hydrogen (secondary N) is 1. The summed E-state index contributed by atoms with van der Waals surface area (Å²) in [5.74, 6) is 0.683. The first kappa shape index (κ1) is 18.7. The largest absolute Gasteiger partial charge is 0.379 e. The molecule has 0 unspecified atom stereocenters. The minimum atomic E-state index is 0.426. The lowest BCUT2D eigenvalue weighted by Gasteiger charge is -2.38. The van der Waals surface area contributed by atoms with Crippen molar-refractivity contribution in [3.05, 3.63) is 43.0 Å². The molecule has 0 aromatic carbocycles. The van der Waals surface area contributed by atoms with E-state index >= 15 is 0 Å². The zero-order chi connectivity index (χ0) is 20.6. The van der Waals surface area contributed by atoms with Gasteiger partial charge in [0.15, 0.2) is 5.65 Å². The van der Waals surface area contributed by atoms with Crippen LogP contribution < -0.4 is 5.32 Å². The topological polar surface area (TPSA) is 84.9 Å². The van der Waals surface area contributed by atoms with Crippen LogP contribution >= 0.6 is 0 Å². The second kappa shape index (κ2) is 7.90. The minimum Gasteiger partial charge on any atom is -0.379 e. The van der Waals surface area contributed by atoms with Crippen molar-refractivity contribution in [1.29, 1.82) is 0 Å². The van der Waals surface area contributed by atoms with E-state index in [-0.39, 0.29) is 0 Å². The first-order valence-electron chi connectivity index (χ1n) is 11.1. The Morgan fingerprint density at radius 3 is 2.65 bits per heavy atom. The van der Waals surface area contributed by atoms with Gasteiger partial charge in [0, 0.05) is 49.3 Å². The molecule has 1 aliphatic carbocycles. The van der Waals surface area contributed by atoms with Gasteiger partial charge in [-0.05, 0) is 43.9 Å². The molecule has 9 nitrogen and oxygen atoms in total. The molecule has 9 heteroatoms.